The molecule has 0 aliphatic rings. The van der Waals surface area contributed by atoms with E-state index < -0.39 is 0 Å². The van der Waals surface area contributed by atoms with E-state index in [1.54, 1.807) is 16.3 Å². The average Bonchev–Trinajstić information content (AvgIpc) is 3.28. The van der Waals surface area contributed by atoms with E-state index in [2.05, 4.69) is 17.1 Å². The normalized spacial score (nSPS) is 11.6. The highest BCUT2D eigenvalue weighted by Gasteiger charge is 2.17. The van der Waals surface area contributed by atoms with Crippen LogP contribution in [0.2, 0.25) is 5.02 Å². The zero-order valence-electron chi connectivity index (χ0n) is 14.2. The van der Waals surface area contributed by atoms with Gasteiger partial charge in [-0.25, -0.2) is 0 Å². The molecule has 0 atom stereocenters. The fraction of sp³-hybridized carbons (Fsp3) is 0.278. The van der Waals surface area contributed by atoms with Crippen LogP contribution in [0.25, 0.3) is 16.0 Å². The third kappa shape index (κ3) is 3.15. The molecular weight excluding hydrogens is 388 g/mol. The first kappa shape index (κ1) is 17.6. The van der Waals surface area contributed by atoms with Gasteiger partial charge >= 0.3 is 0 Å². The molecule has 0 bridgehead atoms. The SMILES string of the molecule is CCCCn1c(=O)c2sccc2n2c(SCc3ccc(Cl)cc3)nnc12. The summed E-state index contributed by atoms with van der Waals surface area (Å²) < 4.78 is 4.51. The minimum Gasteiger partial charge on any atom is -0.276 e. The van der Waals surface area contributed by atoms with E-state index in [1.807, 2.05) is 40.1 Å². The van der Waals surface area contributed by atoms with E-state index in [1.165, 1.54) is 11.3 Å². The summed E-state index contributed by atoms with van der Waals surface area (Å²) in [4.78, 5) is 12.8. The first-order chi connectivity index (χ1) is 12.7. The summed E-state index contributed by atoms with van der Waals surface area (Å²) in [5, 5.41) is 12.2. The van der Waals surface area contributed by atoms with Crippen LogP contribution in [-0.2, 0) is 12.3 Å². The van der Waals surface area contributed by atoms with Crippen molar-refractivity contribution in [1.29, 1.82) is 0 Å². The highest BCUT2D eigenvalue weighted by Crippen LogP contribution is 2.27. The second-order valence-electron chi connectivity index (χ2n) is 5.98. The van der Waals surface area contributed by atoms with Crippen LogP contribution in [0.1, 0.15) is 25.3 Å². The number of halogens is 1. The summed E-state index contributed by atoms with van der Waals surface area (Å²) in [6.45, 7) is 2.77. The Labute approximate surface area is 163 Å². The summed E-state index contributed by atoms with van der Waals surface area (Å²) in [5.74, 6) is 1.38. The molecule has 8 heteroatoms. The number of benzene rings is 1. The topological polar surface area (TPSA) is 52.2 Å². The number of aromatic nitrogens is 4. The number of unbranched alkanes of at least 4 members (excludes halogenated alkanes) is 1. The molecule has 5 nitrogen and oxygen atoms in total. The number of thiophene rings is 1. The third-order valence-corrected chi connectivity index (χ3v) is 6.34. The number of fused-ring (bicyclic) bond motifs is 3. The lowest BCUT2D eigenvalue weighted by molar-refractivity contribution is 0.621. The largest absolute Gasteiger partial charge is 0.276 e. The highest BCUT2D eigenvalue weighted by atomic mass is 35.5. The van der Waals surface area contributed by atoms with Gasteiger partial charge in [-0.3, -0.25) is 13.8 Å². The summed E-state index contributed by atoms with van der Waals surface area (Å²) in [6.07, 6.45) is 1.96. The first-order valence-corrected chi connectivity index (χ1v) is 10.7. The van der Waals surface area contributed by atoms with E-state index >= 15 is 0 Å². The Bertz CT molecular complexity index is 1110. The second-order valence-corrected chi connectivity index (χ2v) is 8.27. The number of thioether (sulfide) groups is 1. The zero-order chi connectivity index (χ0) is 18.1. The van der Waals surface area contributed by atoms with Gasteiger partial charge in [0.25, 0.3) is 5.56 Å². The Morgan fingerprint density at radius 2 is 2.00 bits per heavy atom. The molecular formula is C18H17ClN4OS2. The van der Waals surface area contributed by atoms with Crippen molar-refractivity contribution in [1.82, 2.24) is 19.2 Å². The molecule has 0 saturated carbocycles. The molecule has 1 aromatic carbocycles. The predicted octanol–water partition coefficient (Wildman–Crippen LogP) is 4.85. The maximum Gasteiger partial charge on any atom is 0.272 e. The van der Waals surface area contributed by atoms with Crippen LogP contribution in [0.3, 0.4) is 0 Å². The van der Waals surface area contributed by atoms with Gasteiger partial charge in [0.05, 0.1) is 5.52 Å². The number of hydrogen-bond acceptors (Lipinski definition) is 5. The van der Waals surface area contributed by atoms with Gasteiger partial charge in [-0.2, -0.15) is 0 Å². The van der Waals surface area contributed by atoms with Gasteiger partial charge in [-0.1, -0.05) is 48.8 Å². The van der Waals surface area contributed by atoms with Gasteiger partial charge in [-0.05, 0) is 35.6 Å². The van der Waals surface area contributed by atoms with Crippen LogP contribution < -0.4 is 5.56 Å². The van der Waals surface area contributed by atoms with Crippen LogP contribution in [0.5, 0.6) is 0 Å². The van der Waals surface area contributed by atoms with Crippen molar-refractivity contribution in [3.05, 3.63) is 56.7 Å². The number of rotatable bonds is 6. The van der Waals surface area contributed by atoms with Crippen LogP contribution in [0.15, 0.2) is 45.7 Å². The van der Waals surface area contributed by atoms with Crippen LogP contribution >= 0.6 is 34.7 Å². The minimum absolute atomic E-state index is 0.0256. The van der Waals surface area contributed by atoms with E-state index in [4.69, 9.17) is 11.6 Å². The average molecular weight is 405 g/mol. The summed E-state index contributed by atoms with van der Waals surface area (Å²) >= 11 is 9.03. The summed E-state index contributed by atoms with van der Waals surface area (Å²) in [5.41, 5.74) is 2.07. The molecule has 3 aromatic heterocycles. The molecule has 0 aliphatic carbocycles. The van der Waals surface area contributed by atoms with Gasteiger partial charge in [0.2, 0.25) is 5.78 Å². The monoisotopic (exact) mass is 404 g/mol. The number of aryl methyl sites for hydroxylation is 1. The summed E-state index contributed by atoms with van der Waals surface area (Å²) in [6, 6.07) is 9.76. The molecule has 4 rings (SSSR count). The fourth-order valence-electron chi connectivity index (χ4n) is 2.84. The van der Waals surface area contributed by atoms with E-state index in [-0.39, 0.29) is 5.56 Å². The maximum absolute atomic E-state index is 12.8. The van der Waals surface area contributed by atoms with Crippen molar-refractivity contribution in [3.63, 3.8) is 0 Å². The van der Waals surface area contributed by atoms with Crippen molar-refractivity contribution < 1.29 is 0 Å². The molecule has 3 heterocycles. The Balaban J connectivity index is 1.77. The molecule has 0 amide bonds. The van der Waals surface area contributed by atoms with Crippen molar-refractivity contribution in [2.45, 2.75) is 37.2 Å². The lowest BCUT2D eigenvalue weighted by Gasteiger charge is -2.08. The lowest BCUT2D eigenvalue weighted by atomic mass is 10.2. The maximum atomic E-state index is 12.8. The Morgan fingerprint density at radius 1 is 1.19 bits per heavy atom. The molecule has 0 saturated heterocycles. The van der Waals surface area contributed by atoms with Crippen molar-refractivity contribution in [3.8, 4) is 0 Å². The minimum atomic E-state index is 0.0256. The third-order valence-electron chi connectivity index (χ3n) is 4.20. The molecule has 0 radical (unpaired) electrons. The number of hydrogen-bond donors (Lipinski definition) is 0. The molecule has 0 unspecified atom stereocenters. The van der Waals surface area contributed by atoms with Crippen molar-refractivity contribution >= 4 is 50.7 Å². The molecule has 4 aromatic rings. The van der Waals surface area contributed by atoms with E-state index in [0.29, 0.717) is 12.3 Å². The van der Waals surface area contributed by atoms with E-state index in [0.717, 1.165) is 44.6 Å². The van der Waals surface area contributed by atoms with Gasteiger partial charge in [0.15, 0.2) is 5.16 Å². The quantitative estimate of drug-likeness (QED) is 0.431. The van der Waals surface area contributed by atoms with Crippen LogP contribution in [0.4, 0.5) is 0 Å². The van der Waals surface area contributed by atoms with Crippen LogP contribution in [0, 0.1) is 0 Å². The first-order valence-electron chi connectivity index (χ1n) is 8.41. The fourth-order valence-corrected chi connectivity index (χ4v) is 4.69. The summed E-state index contributed by atoms with van der Waals surface area (Å²) in [7, 11) is 0. The molecule has 0 N–H and O–H groups in total. The molecule has 26 heavy (non-hydrogen) atoms. The standard InChI is InChI=1S/C18H17ClN4OS2/c1-2-3-9-22-16(24)15-14(8-10-25-15)23-17(22)20-21-18(23)26-11-12-4-6-13(19)7-5-12/h4-8,10H,2-3,9,11H2,1H3. The van der Waals surface area contributed by atoms with Crippen LogP contribution in [-0.4, -0.2) is 19.2 Å². The lowest BCUT2D eigenvalue weighted by Crippen LogP contribution is -2.22. The Morgan fingerprint density at radius 3 is 2.77 bits per heavy atom. The Hall–Kier alpha value is -1.83. The van der Waals surface area contributed by atoms with Crippen molar-refractivity contribution in [2.24, 2.45) is 0 Å². The van der Waals surface area contributed by atoms with Gasteiger partial charge < -0.3 is 0 Å². The second kappa shape index (κ2) is 7.42. The Kier molecular flexibility index (Phi) is 5.02. The molecule has 0 aliphatic heterocycles. The van der Waals surface area contributed by atoms with E-state index in [9.17, 15) is 4.79 Å². The zero-order valence-corrected chi connectivity index (χ0v) is 16.6. The molecule has 0 fully saturated rings. The predicted molar refractivity (Wildman–Crippen MR) is 109 cm³/mol. The van der Waals surface area contributed by atoms with Gasteiger partial charge in [0, 0.05) is 17.3 Å². The van der Waals surface area contributed by atoms with Crippen molar-refractivity contribution in [2.75, 3.05) is 0 Å². The number of nitrogens with zero attached hydrogens (tertiary/aromatic N) is 4. The molecule has 134 valence electrons. The molecule has 0 spiro atoms. The smallest absolute Gasteiger partial charge is 0.272 e. The van der Waals surface area contributed by atoms with Gasteiger partial charge in [-0.15, -0.1) is 21.5 Å². The highest BCUT2D eigenvalue weighted by molar-refractivity contribution is 7.98. The van der Waals surface area contributed by atoms with Gasteiger partial charge in [0.1, 0.15) is 4.70 Å².